The SMILES string of the molecule is C[C@H]1C(=O)N(c2ccccc2-c2ccccc2)CCN1C(=O)Nc1ccccc1. The Morgan fingerprint density at radius 2 is 1.48 bits per heavy atom. The number of piperazine rings is 1. The number of carbonyl (C=O) groups excluding carboxylic acids is 2. The normalized spacial score (nSPS) is 16.6. The molecule has 0 bridgehead atoms. The quantitative estimate of drug-likeness (QED) is 0.715. The van der Waals surface area contributed by atoms with Gasteiger partial charge >= 0.3 is 6.03 Å². The molecule has 1 atom stereocenters. The molecule has 3 amide bonds. The highest BCUT2D eigenvalue weighted by molar-refractivity contribution is 6.04. The van der Waals surface area contributed by atoms with E-state index < -0.39 is 6.04 Å². The number of carbonyl (C=O) groups is 2. The van der Waals surface area contributed by atoms with E-state index in [1.165, 1.54) is 0 Å². The number of rotatable bonds is 3. The first-order chi connectivity index (χ1) is 14.1. The maximum Gasteiger partial charge on any atom is 0.322 e. The number of para-hydroxylation sites is 2. The fraction of sp³-hybridized carbons (Fsp3) is 0.167. The Bertz CT molecular complexity index is 1000. The van der Waals surface area contributed by atoms with E-state index in [1.54, 1.807) is 16.7 Å². The lowest BCUT2D eigenvalue weighted by atomic mass is 10.0. The van der Waals surface area contributed by atoms with Gasteiger partial charge in [0.25, 0.3) is 0 Å². The molecular weight excluding hydrogens is 362 g/mol. The number of nitrogens with zero attached hydrogens (tertiary/aromatic N) is 2. The maximum atomic E-state index is 13.2. The number of nitrogens with one attached hydrogen (secondary N) is 1. The zero-order chi connectivity index (χ0) is 20.2. The summed E-state index contributed by atoms with van der Waals surface area (Å²) < 4.78 is 0. The summed E-state index contributed by atoms with van der Waals surface area (Å²) in [6, 6.07) is 26.4. The van der Waals surface area contributed by atoms with Crippen molar-refractivity contribution in [1.29, 1.82) is 0 Å². The van der Waals surface area contributed by atoms with Crippen molar-refractivity contribution in [3.05, 3.63) is 84.9 Å². The minimum atomic E-state index is -0.545. The Hall–Kier alpha value is -3.60. The smallest absolute Gasteiger partial charge is 0.311 e. The third-order valence-electron chi connectivity index (χ3n) is 5.22. The zero-order valence-corrected chi connectivity index (χ0v) is 16.3. The van der Waals surface area contributed by atoms with Gasteiger partial charge in [-0.15, -0.1) is 0 Å². The summed E-state index contributed by atoms with van der Waals surface area (Å²) in [5, 5.41) is 2.87. The van der Waals surface area contributed by atoms with Gasteiger partial charge in [0, 0.05) is 24.3 Å². The minimum absolute atomic E-state index is 0.0807. The van der Waals surface area contributed by atoms with Gasteiger partial charge in [0.2, 0.25) is 5.91 Å². The van der Waals surface area contributed by atoms with Crippen LogP contribution in [0.4, 0.5) is 16.2 Å². The molecule has 0 aromatic heterocycles. The fourth-order valence-electron chi connectivity index (χ4n) is 3.67. The van der Waals surface area contributed by atoms with Gasteiger partial charge in [-0.25, -0.2) is 4.79 Å². The molecule has 0 saturated carbocycles. The Balaban J connectivity index is 1.55. The number of hydrogen-bond donors (Lipinski definition) is 1. The molecule has 5 heteroatoms. The van der Waals surface area contributed by atoms with Gasteiger partial charge in [0.05, 0.1) is 5.69 Å². The molecule has 0 radical (unpaired) electrons. The average molecular weight is 385 g/mol. The maximum absolute atomic E-state index is 13.2. The van der Waals surface area contributed by atoms with Crippen LogP contribution in [0.5, 0.6) is 0 Å². The second kappa shape index (κ2) is 8.19. The van der Waals surface area contributed by atoms with Crippen molar-refractivity contribution in [3.63, 3.8) is 0 Å². The number of urea groups is 1. The molecule has 1 aliphatic rings. The van der Waals surface area contributed by atoms with E-state index in [-0.39, 0.29) is 11.9 Å². The van der Waals surface area contributed by atoms with Crippen LogP contribution < -0.4 is 10.2 Å². The van der Waals surface area contributed by atoms with Crippen molar-refractivity contribution in [2.45, 2.75) is 13.0 Å². The monoisotopic (exact) mass is 385 g/mol. The molecular formula is C24H23N3O2. The van der Waals surface area contributed by atoms with Crippen molar-refractivity contribution in [2.24, 2.45) is 0 Å². The average Bonchev–Trinajstić information content (AvgIpc) is 2.77. The number of benzene rings is 3. The first kappa shape index (κ1) is 18.7. The van der Waals surface area contributed by atoms with Gasteiger partial charge in [-0.05, 0) is 30.7 Å². The first-order valence-corrected chi connectivity index (χ1v) is 9.73. The van der Waals surface area contributed by atoms with E-state index >= 15 is 0 Å². The zero-order valence-electron chi connectivity index (χ0n) is 16.3. The van der Waals surface area contributed by atoms with Crippen LogP contribution in [0.3, 0.4) is 0 Å². The van der Waals surface area contributed by atoms with E-state index in [9.17, 15) is 9.59 Å². The highest BCUT2D eigenvalue weighted by Gasteiger charge is 2.35. The van der Waals surface area contributed by atoms with E-state index in [2.05, 4.69) is 5.32 Å². The summed E-state index contributed by atoms with van der Waals surface area (Å²) in [6.45, 7) is 2.70. The van der Waals surface area contributed by atoms with Crippen LogP contribution in [0.2, 0.25) is 0 Å². The molecule has 0 aliphatic carbocycles. The van der Waals surface area contributed by atoms with Crippen molar-refractivity contribution < 1.29 is 9.59 Å². The van der Waals surface area contributed by atoms with Crippen LogP contribution in [-0.2, 0) is 4.79 Å². The van der Waals surface area contributed by atoms with E-state index in [0.29, 0.717) is 18.8 Å². The van der Waals surface area contributed by atoms with Crippen LogP contribution in [0.25, 0.3) is 11.1 Å². The van der Waals surface area contributed by atoms with Gasteiger partial charge in [-0.1, -0.05) is 66.7 Å². The predicted octanol–water partition coefficient (Wildman–Crippen LogP) is 4.62. The summed E-state index contributed by atoms with van der Waals surface area (Å²) in [4.78, 5) is 29.3. The largest absolute Gasteiger partial charge is 0.322 e. The second-order valence-corrected chi connectivity index (χ2v) is 7.04. The van der Waals surface area contributed by atoms with Crippen molar-refractivity contribution in [3.8, 4) is 11.1 Å². The summed E-state index contributed by atoms with van der Waals surface area (Å²) in [5.41, 5.74) is 3.66. The number of hydrogen-bond acceptors (Lipinski definition) is 2. The lowest BCUT2D eigenvalue weighted by Crippen LogP contribution is -2.58. The molecule has 3 aromatic rings. The Morgan fingerprint density at radius 1 is 0.862 bits per heavy atom. The second-order valence-electron chi connectivity index (χ2n) is 7.04. The molecule has 1 aliphatic heterocycles. The highest BCUT2D eigenvalue weighted by Crippen LogP contribution is 2.32. The third-order valence-corrected chi connectivity index (χ3v) is 5.22. The van der Waals surface area contributed by atoms with Crippen molar-refractivity contribution >= 4 is 23.3 Å². The minimum Gasteiger partial charge on any atom is -0.311 e. The first-order valence-electron chi connectivity index (χ1n) is 9.73. The van der Waals surface area contributed by atoms with E-state index in [1.807, 2.05) is 84.9 Å². The molecule has 0 spiro atoms. The summed E-state index contributed by atoms with van der Waals surface area (Å²) in [6.07, 6.45) is 0. The van der Waals surface area contributed by atoms with E-state index in [0.717, 1.165) is 16.8 Å². The van der Waals surface area contributed by atoms with Gasteiger partial charge in [-0.2, -0.15) is 0 Å². The summed E-state index contributed by atoms with van der Waals surface area (Å²) in [7, 11) is 0. The summed E-state index contributed by atoms with van der Waals surface area (Å²) in [5.74, 6) is -0.0807. The lowest BCUT2D eigenvalue weighted by Gasteiger charge is -2.39. The van der Waals surface area contributed by atoms with Crippen molar-refractivity contribution in [1.82, 2.24) is 4.90 Å². The molecule has 0 unspecified atom stereocenters. The van der Waals surface area contributed by atoms with Gasteiger partial charge < -0.3 is 15.1 Å². The lowest BCUT2D eigenvalue weighted by molar-refractivity contribution is -0.123. The predicted molar refractivity (Wildman–Crippen MR) is 116 cm³/mol. The Labute approximate surface area is 170 Å². The molecule has 4 rings (SSSR count). The highest BCUT2D eigenvalue weighted by atomic mass is 16.2. The van der Waals surface area contributed by atoms with Crippen LogP contribution in [0, 0.1) is 0 Å². The standard InChI is InChI=1S/C24H23N3O2/c1-18-23(28)27(17-16-26(18)24(29)25-20-12-6-3-7-13-20)22-15-9-8-14-21(22)19-10-4-2-5-11-19/h2-15,18H,16-17H2,1H3,(H,25,29)/t18-/m0/s1. The van der Waals surface area contributed by atoms with Gasteiger partial charge in [0.15, 0.2) is 0 Å². The Kier molecular flexibility index (Phi) is 5.29. The molecule has 146 valence electrons. The molecule has 1 heterocycles. The number of amides is 3. The van der Waals surface area contributed by atoms with Crippen LogP contribution >= 0.6 is 0 Å². The molecule has 1 fully saturated rings. The van der Waals surface area contributed by atoms with Crippen LogP contribution in [0.1, 0.15) is 6.92 Å². The third kappa shape index (κ3) is 3.85. The molecule has 1 N–H and O–H groups in total. The van der Waals surface area contributed by atoms with Gasteiger partial charge in [0.1, 0.15) is 6.04 Å². The van der Waals surface area contributed by atoms with Gasteiger partial charge in [-0.3, -0.25) is 4.79 Å². The fourth-order valence-corrected chi connectivity index (χ4v) is 3.67. The van der Waals surface area contributed by atoms with E-state index in [4.69, 9.17) is 0 Å². The molecule has 5 nitrogen and oxygen atoms in total. The summed E-state index contributed by atoms with van der Waals surface area (Å²) >= 11 is 0. The molecule has 3 aromatic carbocycles. The molecule has 1 saturated heterocycles. The van der Waals surface area contributed by atoms with Crippen LogP contribution in [-0.4, -0.2) is 36.0 Å². The van der Waals surface area contributed by atoms with Crippen molar-refractivity contribution in [2.75, 3.05) is 23.3 Å². The Morgan fingerprint density at radius 3 is 2.21 bits per heavy atom. The number of anilines is 2. The molecule has 29 heavy (non-hydrogen) atoms. The topological polar surface area (TPSA) is 52.7 Å². The van der Waals surface area contributed by atoms with Crippen LogP contribution in [0.15, 0.2) is 84.9 Å².